The summed E-state index contributed by atoms with van der Waals surface area (Å²) in [5, 5.41) is 5.10. The number of hydrogen-bond acceptors (Lipinski definition) is 4. The zero-order chi connectivity index (χ0) is 15.7. The minimum absolute atomic E-state index is 0.0800. The SMILES string of the molecule is NS(=O)(=O)N1CCN(C(=O)[C@H]2CCc3ccccc3O2)CC1. The van der Waals surface area contributed by atoms with Crippen molar-refractivity contribution in [3.63, 3.8) is 0 Å². The molecule has 1 saturated heterocycles. The standard InChI is InChI=1S/C14H19N3O4S/c15-22(19,20)17-9-7-16(8-10-17)14(18)13-6-5-11-3-1-2-4-12(11)21-13/h1-4,13H,5-10H2,(H2,15,19,20)/t13-/m1/s1. The summed E-state index contributed by atoms with van der Waals surface area (Å²) in [6.07, 6.45) is 0.963. The molecule has 1 fully saturated rings. The van der Waals surface area contributed by atoms with Crippen LogP contribution in [-0.4, -0.2) is 55.8 Å². The molecule has 0 aromatic heterocycles. The Kier molecular flexibility index (Phi) is 4.07. The van der Waals surface area contributed by atoms with E-state index in [2.05, 4.69) is 0 Å². The number of para-hydroxylation sites is 1. The first-order valence-corrected chi connectivity index (χ1v) is 8.77. The van der Waals surface area contributed by atoms with Crippen molar-refractivity contribution in [3.8, 4) is 5.75 Å². The lowest BCUT2D eigenvalue weighted by Crippen LogP contribution is -2.55. The van der Waals surface area contributed by atoms with E-state index in [9.17, 15) is 13.2 Å². The Hall–Kier alpha value is -1.64. The summed E-state index contributed by atoms with van der Waals surface area (Å²) >= 11 is 0. The Morgan fingerprint density at radius 2 is 1.86 bits per heavy atom. The van der Waals surface area contributed by atoms with Gasteiger partial charge in [0.2, 0.25) is 0 Å². The second kappa shape index (κ2) is 5.86. The molecule has 0 spiro atoms. The van der Waals surface area contributed by atoms with Gasteiger partial charge in [0, 0.05) is 26.2 Å². The van der Waals surface area contributed by atoms with E-state index in [1.165, 1.54) is 4.31 Å². The summed E-state index contributed by atoms with van der Waals surface area (Å²) in [6, 6.07) is 7.71. The quantitative estimate of drug-likeness (QED) is 0.810. The number of hydrogen-bond donors (Lipinski definition) is 1. The first-order valence-electron chi connectivity index (χ1n) is 7.26. The van der Waals surface area contributed by atoms with Crippen LogP contribution in [0, 0.1) is 0 Å². The molecular weight excluding hydrogens is 306 g/mol. The van der Waals surface area contributed by atoms with Gasteiger partial charge in [-0.1, -0.05) is 18.2 Å². The normalized spacial score (nSPS) is 22.8. The van der Waals surface area contributed by atoms with Crippen LogP contribution in [0.3, 0.4) is 0 Å². The monoisotopic (exact) mass is 325 g/mol. The van der Waals surface area contributed by atoms with E-state index < -0.39 is 16.3 Å². The Balaban J connectivity index is 1.62. The van der Waals surface area contributed by atoms with Crippen LogP contribution >= 0.6 is 0 Å². The molecule has 0 unspecified atom stereocenters. The molecule has 2 N–H and O–H groups in total. The zero-order valence-corrected chi connectivity index (χ0v) is 13.0. The van der Waals surface area contributed by atoms with Crippen molar-refractivity contribution in [1.82, 2.24) is 9.21 Å². The van der Waals surface area contributed by atoms with E-state index in [0.717, 1.165) is 17.7 Å². The van der Waals surface area contributed by atoms with Gasteiger partial charge in [0.05, 0.1) is 0 Å². The van der Waals surface area contributed by atoms with Gasteiger partial charge in [-0.05, 0) is 24.5 Å². The van der Waals surface area contributed by atoms with Gasteiger partial charge in [0.15, 0.2) is 6.10 Å². The fourth-order valence-corrected chi connectivity index (χ4v) is 3.54. The van der Waals surface area contributed by atoms with Gasteiger partial charge >= 0.3 is 0 Å². The largest absolute Gasteiger partial charge is 0.480 e. The number of fused-ring (bicyclic) bond motifs is 1. The maximum absolute atomic E-state index is 12.5. The molecule has 8 heteroatoms. The third-order valence-electron chi connectivity index (χ3n) is 4.10. The van der Waals surface area contributed by atoms with E-state index in [4.69, 9.17) is 9.88 Å². The summed E-state index contributed by atoms with van der Waals surface area (Å²) < 4.78 is 29.5. The maximum atomic E-state index is 12.5. The third kappa shape index (κ3) is 3.08. The van der Waals surface area contributed by atoms with Gasteiger partial charge < -0.3 is 9.64 Å². The molecule has 0 bridgehead atoms. The summed E-state index contributed by atoms with van der Waals surface area (Å²) in [6.45, 7) is 1.15. The minimum Gasteiger partial charge on any atom is -0.480 e. The number of nitrogens with zero attached hydrogens (tertiary/aromatic N) is 2. The summed E-state index contributed by atoms with van der Waals surface area (Å²) in [5.41, 5.74) is 1.12. The summed E-state index contributed by atoms with van der Waals surface area (Å²) in [7, 11) is -3.68. The van der Waals surface area contributed by atoms with Crippen LogP contribution < -0.4 is 9.88 Å². The second-order valence-corrected chi connectivity index (χ2v) is 7.07. The fraction of sp³-hybridized carbons (Fsp3) is 0.500. The van der Waals surface area contributed by atoms with Crippen LogP contribution in [0.5, 0.6) is 5.75 Å². The van der Waals surface area contributed by atoms with Gasteiger partial charge in [-0.25, -0.2) is 5.14 Å². The number of carbonyl (C=O) groups is 1. The van der Waals surface area contributed by atoms with Crippen LogP contribution in [0.2, 0.25) is 0 Å². The van der Waals surface area contributed by atoms with E-state index in [1.54, 1.807) is 4.90 Å². The second-order valence-electron chi connectivity index (χ2n) is 5.52. The van der Waals surface area contributed by atoms with Crippen LogP contribution in [-0.2, 0) is 21.4 Å². The van der Waals surface area contributed by atoms with E-state index >= 15 is 0 Å². The first-order chi connectivity index (χ1) is 10.4. The van der Waals surface area contributed by atoms with Gasteiger partial charge in [0.25, 0.3) is 16.1 Å². The molecule has 2 heterocycles. The number of benzene rings is 1. The Labute approximate surface area is 129 Å². The first kappa shape index (κ1) is 15.3. The van der Waals surface area contributed by atoms with Crippen LogP contribution in [0.1, 0.15) is 12.0 Å². The number of carbonyl (C=O) groups excluding carboxylic acids is 1. The molecule has 7 nitrogen and oxygen atoms in total. The van der Waals surface area contributed by atoms with Gasteiger partial charge in [-0.2, -0.15) is 12.7 Å². The number of piperazine rings is 1. The molecule has 120 valence electrons. The van der Waals surface area contributed by atoms with Crippen molar-refractivity contribution in [3.05, 3.63) is 29.8 Å². The highest BCUT2D eigenvalue weighted by Gasteiger charge is 2.33. The Morgan fingerprint density at radius 3 is 2.55 bits per heavy atom. The van der Waals surface area contributed by atoms with E-state index in [1.807, 2.05) is 24.3 Å². The molecular formula is C14H19N3O4S. The van der Waals surface area contributed by atoms with E-state index in [-0.39, 0.29) is 19.0 Å². The summed E-state index contributed by atoms with van der Waals surface area (Å²) in [5.74, 6) is 0.679. The predicted molar refractivity (Wildman–Crippen MR) is 80.4 cm³/mol. The lowest BCUT2D eigenvalue weighted by molar-refractivity contribution is -0.140. The third-order valence-corrected chi connectivity index (χ3v) is 5.19. The molecule has 0 radical (unpaired) electrons. The van der Waals surface area contributed by atoms with Crippen molar-refractivity contribution >= 4 is 16.1 Å². The van der Waals surface area contributed by atoms with Crippen molar-refractivity contribution in [1.29, 1.82) is 0 Å². The zero-order valence-electron chi connectivity index (χ0n) is 12.1. The van der Waals surface area contributed by atoms with Crippen LogP contribution in [0.4, 0.5) is 0 Å². The maximum Gasteiger partial charge on any atom is 0.277 e. The smallest absolute Gasteiger partial charge is 0.277 e. The van der Waals surface area contributed by atoms with Gasteiger partial charge in [-0.15, -0.1) is 0 Å². The molecule has 0 saturated carbocycles. The molecule has 0 aliphatic carbocycles. The minimum atomic E-state index is -3.68. The van der Waals surface area contributed by atoms with Crippen molar-refractivity contribution in [2.75, 3.05) is 26.2 Å². The average molecular weight is 325 g/mol. The highest BCUT2D eigenvalue weighted by Crippen LogP contribution is 2.28. The molecule has 1 atom stereocenters. The van der Waals surface area contributed by atoms with Crippen LogP contribution in [0.15, 0.2) is 24.3 Å². The topological polar surface area (TPSA) is 92.9 Å². The van der Waals surface area contributed by atoms with Crippen molar-refractivity contribution < 1.29 is 17.9 Å². The lowest BCUT2D eigenvalue weighted by atomic mass is 10.0. The molecule has 2 aliphatic heterocycles. The molecule has 2 aliphatic rings. The fourth-order valence-electron chi connectivity index (χ4n) is 2.86. The Bertz CT molecular complexity index is 668. The molecule has 1 aromatic rings. The number of aryl methyl sites for hydroxylation is 1. The van der Waals surface area contributed by atoms with Crippen molar-refractivity contribution in [2.45, 2.75) is 18.9 Å². The highest BCUT2D eigenvalue weighted by molar-refractivity contribution is 7.86. The number of nitrogens with two attached hydrogens (primary N) is 1. The number of rotatable bonds is 2. The average Bonchev–Trinajstić information content (AvgIpc) is 2.53. The molecule has 1 amide bonds. The number of ether oxygens (including phenoxy) is 1. The van der Waals surface area contributed by atoms with Gasteiger partial charge in [-0.3, -0.25) is 4.79 Å². The molecule has 22 heavy (non-hydrogen) atoms. The number of amides is 1. The van der Waals surface area contributed by atoms with Crippen molar-refractivity contribution in [2.24, 2.45) is 5.14 Å². The molecule has 3 rings (SSSR count). The Morgan fingerprint density at radius 1 is 1.18 bits per heavy atom. The lowest BCUT2D eigenvalue weighted by Gasteiger charge is -2.36. The van der Waals surface area contributed by atoms with E-state index in [0.29, 0.717) is 19.5 Å². The van der Waals surface area contributed by atoms with Crippen LogP contribution in [0.25, 0.3) is 0 Å². The van der Waals surface area contributed by atoms with Gasteiger partial charge in [0.1, 0.15) is 5.75 Å². The summed E-state index contributed by atoms with van der Waals surface area (Å²) in [4.78, 5) is 14.2. The molecule has 1 aromatic carbocycles. The highest BCUT2D eigenvalue weighted by atomic mass is 32.2. The predicted octanol–water partition coefficient (Wildman–Crippen LogP) is -0.272.